The number of aliphatic hydroxyl groups is 1. The number of carbonyl (C=O) groups excluding carboxylic acids is 1. The van der Waals surface area contributed by atoms with E-state index in [0.717, 1.165) is 6.07 Å². The second-order valence-electron chi connectivity index (χ2n) is 7.38. The molecule has 1 atom stereocenters. The molecule has 1 aliphatic heterocycles. The van der Waals surface area contributed by atoms with Crippen LogP contribution >= 0.6 is 24.8 Å². The van der Waals surface area contributed by atoms with Crippen molar-refractivity contribution in [3.63, 3.8) is 0 Å². The summed E-state index contributed by atoms with van der Waals surface area (Å²) in [7, 11) is 0. The smallest absolute Gasteiger partial charge is 0.416 e. The Labute approximate surface area is 198 Å². The van der Waals surface area contributed by atoms with Crippen molar-refractivity contribution in [2.75, 3.05) is 44.2 Å². The number of β-amino-alcohol motifs (C(OH)–C–C–N with tert-alkyl or cyclic N) is 1. The summed E-state index contributed by atoms with van der Waals surface area (Å²) in [5.41, 5.74) is 0.454. The quantitative estimate of drug-likeness (QED) is 0.581. The first kappa shape index (κ1) is 28.0. The van der Waals surface area contributed by atoms with Gasteiger partial charge in [-0.1, -0.05) is 18.2 Å². The van der Waals surface area contributed by atoms with Crippen LogP contribution in [0.1, 0.15) is 22.8 Å². The Morgan fingerprint density at radius 1 is 1.06 bits per heavy atom. The lowest BCUT2D eigenvalue weighted by atomic mass is 10.1. The van der Waals surface area contributed by atoms with E-state index in [1.807, 2.05) is 4.90 Å². The average Bonchev–Trinajstić information content (AvgIpc) is 2.72. The van der Waals surface area contributed by atoms with Crippen molar-refractivity contribution < 1.29 is 27.8 Å². The van der Waals surface area contributed by atoms with E-state index in [0.29, 0.717) is 49.7 Å². The van der Waals surface area contributed by atoms with Crippen molar-refractivity contribution in [3.05, 3.63) is 59.7 Å². The van der Waals surface area contributed by atoms with E-state index >= 15 is 0 Å². The Kier molecular flexibility index (Phi) is 10.8. The maximum absolute atomic E-state index is 12.9. The number of anilines is 1. The number of hydrogen-bond acceptors (Lipinski definition) is 5. The summed E-state index contributed by atoms with van der Waals surface area (Å²) in [6.45, 7) is 4.40. The molecule has 0 spiro atoms. The van der Waals surface area contributed by atoms with Gasteiger partial charge in [-0.25, -0.2) is 0 Å². The van der Waals surface area contributed by atoms with Crippen molar-refractivity contribution in [1.82, 2.24) is 4.90 Å². The predicted molar refractivity (Wildman–Crippen MR) is 123 cm³/mol. The highest BCUT2D eigenvalue weighted by atomic mass is 35.5. The fraction of sp³-hybridized carbons (Fsp3) is 0.409. The zero-order chi connectivity index (χ0) is 21.7. The number of carbonyl (C=O) groups is 1. The number of rotatable bonds is 7. The molecule has 178 valence electrons. The molecule has 0 aromatic heterocycles. The number of hydrogen-bond donors (Lipinski definition) is 1. The molecule has 0 radical (unpaired) electrons. The first-order chi connectivity index (χ1) is 14.2. The predicted octanol–water partition coefficient (Wildman–Crippen LogP) is 4.31. The number of alkyl halides is 3. The molecule has 3 rings (SSSR count). The molecule has 1 aliphatic rings. The van der Waals surface area contributed by atoms with Gasteiger partial charge in [-0.15, -0.1) is 24.8 Å². The number of piperazine rings is 1. The monoisotopic (exact) mass is 494 g/mol. The van der Waals surface area contributed by atoms with Gasteiger partial charge in [-0.3, -0.25) is 9.69 Å². The number of nitrogens with zero attached hydrogens (tertiary/aromatic N) is 2. The summed E-state index contributed by atoms with van der Waals surface area (Å²) in [6, 6.07) is 12.2. The van der Waals surface area contributed by atoms with Gasteiger partial charge in [0.15, 0.2) is 5.78 Å². The minimum atomic E-state index is -4.36. The third kappa shape index (κ3) is 7.85. The fourth-order valence-electron chi connectivity index (χ4n) is 3.42. The summed E-state index contributed by atoms with van der Waals surface area (Å²) in [4.78, 5) is 15.4. The standard InChI is InChI=1S/C22H25F3N2O3.2ClH/c1-16(28)17-4-2-7-21(12-17)30-15-20(29)14-26-8-10-27(11-9-26)19-6-3-5-18(13-19)22(23,24)25;;/h2-7,12-13,20,29H,8-11,14-15H2,1H3;2*1H. The van der Waals surface area contributed by atoms with Crippen LogP contribution in [0, 0.1) is 0 Å². The van der Waals surface area contributed by atoms with E-state index in [1.165, 1.54) is 19.1 Å². The normalized spacial score (nSPS) is 15.3. The first-order valence-corrected chi connectivity index (χ1v) is 9.79. The maximum atomic E-state index is 12.9. The second kappa shape index (κ2) is 12.3. The molecule has 0 bridgehead atoms. The number of benzene rings is 2. The number of ketones is 1. The van der Waals surface area contributed by atoms with E-state index in [9.17, 15) is 23.1 Å². The van der Waals surface area contributed by atoms with E-state index in [4.69, 9.17) is 4.74 Å². The maximum Gasteiger partial charge on any atom is 0.416 e. The van der Waals surface area contributed by atoms with Crippen molar-refractivity contribution >= 4 is 36.3 Å². The molecule has 10 heteroatoms. The van der Waals surface area contributed by atoms with Crippen LogP contribution in [-0.4, -0.2) is 61.2 Å². The summed E-state index contributed by atoms with van der Waals surface area (Å²) < 4.78 is 44.3. The van der Waals surface area contributed by atoms with Crippen molar-refractivity contribution in [3.8, 4) is 5.75 Å². The highest BCUT2D eigenvalue weighted by Gasteiger charge is 2.31. The van der Waals surface area contributed by atoms with Crippen LogP contribution in [0.4, 0.5) is 18.9 Å². The van der Waals surface area contributed by atoms with Crippen LogP contribution in [0.2, 0.25) is 0 Å². The Bertz CT molecular complexity index is 875. The summed E-state index contributed by atoms with van der Waals surface area (Å²) in [6.07, 6.45) is -5.07. The molecule has 0 amide bonds. The third-order valence-electron chi connectivity index (χ3n) is 5.06. The van der Waals surface area contributed by atoms with Crippen LogP contribution in [-0.2, 0) is 6.18 Å². The lowest BCUT2D eigenvalue weighted by Crippen LogP contribution is -2.49. The lowest BCUT2D eigenvalue weighted by molar-refractivity contribution is -0.137. The Balaban J connectivity index is 0.00000256. The number of aliphatic hydroxyl groups excluding tert-OH is 1. The van der Waals surface area contributed by atoms with E-state index < -0.39 is 17.8 Å². The molecule has 2 aromatic carbocycles. The van der Waals surface area contributed by atoms with Gasteiger partial charge < -0.3 is 14.7 Å². The molecule has 1 saturated heterocycles. The highest BCUT2D eigenvalue weighted by Crippen LogP contribution is 2.31. The van der Waals surface area contributed by atoms with Crippen molar-refractivity contribution in [2.24, 2.45) is 0 Å². The fourth-order valence-corrected chi connectivity index (χ4v) is 3.42. The minimum Gasteiger partial charge on any atom is -0.491 e. The average molecular weight is 495 g/mol. The summed E-state index contributed by atoms with van der Waals surface area (Å²) >= 11 is 0. The van der Waals surface area contributed by atoms with Crippen LogP contribution in [0.5, 0.6) is 5.75 Å². The Morgan fingerprint density at radius 3 is 2.34 bits per heavy atom. The van der Waals surface area contributed by atoms with Gasteiger partial charge in [0.2, 0.25) is 0 Å². The molecule has 1 heterocycles. The lowest BCUT2D eigenvalue weighted by Gasteiger charge is -2.37. The van der Waals surface area contributed by atoms with Crippen molar-refractivity contribution in [2.45, 2.75) is 19.2 Å². The first-order valence-electron chi connectivity index (χ1n) is 9.79. The van der Waals surface area contributed by atoms with Gasteiger partial charge in [0, 0.05) is 44.0 Å². The van der Waals surface area contributed by atoms with Crippen LogP contribution in [0.3, 0.4) is 0 Å². The Hall–Kier alpha value is -2.00. The molecule has 0 saturated carbocycles. The number of ether oxygens (including phenoxy) is 1. The number of Topliss-reactive ketones (excluding diaryl/α,β-unsaturated/α-hetero) is 1. The van der Waals surface area contributed by atoms with Gasteiger partial charge in [-0.2, -0.15) is 13.2 Å². The topological polar surface area (TPSA) is 53.0 Å². The van der Waals surface area contributed by atoms with Crippen LogP contribution in [0.25, 0.3) is 0 Å². The molecule has 5 nitrogen and oxygen atoms in total. The van der Waals surface area contributed by atoms with E-state index in [-0.39, 0.29) is 37.2 Å². The van der Waals surface area contributed by atoms with Gasteiger partial charge in [0.25, 0.3) is 0 Å². The minimum absolute atomic E-state index is 0. The third-order valence-corrected chi connectivity index (χ3v) is 5.06. The highest BCUT2D eigenvalue weighted by molar-refractivity contribution is 5.94. The number of halogens is 5. The molecule has 0 aliphatic carbocycles. The summed E-state index contributed by atoms with van der Waals surface area (Å²) in [5, 5.41) is 10.3. The van der Waals surface area contributed by atoms with Gasteiger partial charge >= 0.3 is 6.18 Å². The molecule has 1 N–H and O–H groups in total. The zero-order valence-electron chi connectivity index (χ0n) is 17.5. The van der Waals surface area contributed by atoms with Crippen LogP contribution < -0.4 is 9.64 Å². The summed E-state index contributed by atoms with van der Waals surface area (Å²) in [5.74, 6) is 0.468. The van der Waals surface area contributed by atoms with Gasteiger partial charge in [-0.05, 0) is 37.3 Å². The molecule has 32 heavy (non-hydrogen) atoms. The van der Waals surface area contributed by atoms with E-state index in [2.05, 4.69) is 4.90 Å². The molecule has 1 fully saturated rings. The molecular formula is C22H27Cl2F3N2O3. The van der Waals surface area contributed by atoms with E-state index in [1.54, 1.807) is 30.3 Å². The molecule has 2 aromatic rings. The van der Waals surface area contributed by atoms with Gasteiger partial charge in [0.05, 0.1) is 5.56 Å². The molecule has 1 unspecified atom stereocenters. The van der Waals surface area contributed by atoms with Gasteiger partial charge in [0.1, 0.15) is 18.5 Å². The Morgan fingerprint density at radius 2 is 1.72 bits per heavy atom. The second-order valence-corrected chi connectivity index (χ2v) is 7.38. The zero-order valence-corrected chi connectivity index (χ0v) is 19.2. The molecular weight excluding hydrogens is 468 g/mol. The largest absolute Gasteiger partial charge is 0.491 e. The SMILES string of the molecule is CC(=O)c1cccc(OCC(O)CN2CCN(c3cccc(C(F)(F)F)c3)CC2)c1.Cl.Cl. The van der Waals surface area contributed by atoms with Crippen LogP contribution in [0.15, 0.2) is 48.5 Å². The van der Waals surface area contributed by atoms with Crippen molar-refractivity contribution in [1.29, 1.82) is 0 Å².